The van der Waals surface area contributed by atoms with Crippen molar-refractivity contribution in [3.8, 4) is 6.01 Å². The zero-order chi connectivity index (χ0) is 18.7. The van der Waals surface area contributed by atoms with Crippen molar-refractivity contribution >= 4 is 5.91 Å². The second kappa shape index (κ2) is 7.27. The summed E-state index contributed by atoms with van der Waals surface area (Å²) in [5.74, 6) is -1.31. The maximum atomic E-state index is 13.1. The summed E-state index contributed by atoms with van der Waals surface area (Å²) in [6, 6.07) is 4.65. The molecule has 1 atom stereocenters. The summed E-state index contributed by atoms with van der Waals surface area (Å²) in [6.07, 6.45) is -2.03. The summed E-state index contributed by atoms with van der Waals surface area (Å²) >= 11 is 0. The van der Waals surface area contributed by atoms with E-state index in [-0.39, 0.29) is 12.6 Å². The Morgan fingerprint density at radius 1 is 1.19 bits per heavy atom. The molecule has 2 aromatic rings. The lowest BCUT2D eigenvalue weighted by atomic mass is 10.0. The van der Waals surface area contributed by atoms with Crippen LogP contribution >= 0.6 is 0 Å². The Morgan fingerprint density at radius 2 is 1.88 bits per heavy atom. The molecule has 5 nitrogen and oxygen atoms in total. The maximum Gasteiger partial charge on any atom is 0.417 e. The normalized spacial score (nSPS) is 17.8. The van der Waals surface area contributed by atoms with Gasteiger partial charge in [-0.3, -0.25) is 4.79 Å². The van der Waals surface area contributed by atoms with E-state index in [4.69, 9.17) is 4.74 Å². The molecule has 1 aliphatic heterocycles. The number of piperidine rings is 1. The molecule has 0 radical (unpaired) electrons. The van der Waals surface area contributed by atoms with Gasteiger partial charge in [-0.25, -0.2) is 14.4 Å². The van der Waals surface area contributed by atoms with Crippen LogP contribution in [0.4, 0.5) is 17.6 Å². The third kappa shape index (κ3) is 4.09. The Hall–Kier alpha value is -2.71. The summed E-state index contributed by atoms with van der Waals surface area (Å²) < 4.78 is 57.7. The SMILES string of the molecule is O=C(c1ccccc1C(F)(F)F)N1CCCC(Oc2ncc(F)cn2)C1. The van der Waals surface area contributed by atoms with E-state index >= 15 is 0 Å². The number of halogens is 4. The lowest BCUT2D eigenvalue weighted by Crippen LogP contribution is -2.45. The second-order valence-electron chi connectivity index (χ2n) is 5.86. The Morgan fingerprint density at radius 3 is 2.58 bits per heavy atom. The highest BCUT2D eigenvalue weighted by Gasteiger charge is 2.36. The van der Waals surface area contributed by atoms with Crippen LogP contribution in [0.5, 0.6) is 6.01 Å². The Labute approximate surface area is 146 Å². The smallest absolute Gasteiger partial charge is 0.417 e. The number of hydrogen-bond donors (Lipinski definition) is 0. The number of benzene rings is 1. The molecule has 1 aromatic heterocycles. The molecule has 1 aliphatic rings. The molecule has 1 saturated heterocycles. The Bertz CT molecular complexity index is 780. The molecule has 26 heavy (non-hydrogen) atoms. The van der Waals surface area contributed by atoms with E-state index < -0.39 is 35.1 Å². The van der Waals surface area contributed by atoms with Crippen LogP contribution in [0.15, 0.2) is 36.7 Å². The van der Waals surface area contributed by atoms with Crippen LogP contribution in [-0.2, 0) is 6.18 Å². The van der Waals surface area contributed by atoms with E-state index in [1.54, 1.807) is 0 Å². The van der Waals surface area contributed by atoms with Crippen LogP contribution in [0.3, 0.4) is 0 Å². The van der Waals surface area contributed by atoms with Gasteiger partial charge in [-0.2, -0.15) is 13.2 Å². The fourth-order valence-electron chi connectivity index (χ4n) is 2.82. The molecular formula is C17H15F4N3O2. The molecule has 1 amide bonds. The molecule has 0 spiro atoms. The molecule has 1 aromatic carbocycles. The van der Waals surface area contributed by atoms with E-state index in [1.165, 1.54) is 23.1 Å². The Kier molecular flexibility index (Phi) is 5.06. The molecule has 9 heteroatoms. The molecule has 1 fully saturated rings. The van der Waals surface area contributed by atoms with E-state index in [9.17, 15) is 22.4 Å². The van der Waals surface area contributed by atoms with Crippen LogP contribution in [0.25, 0.3) is 0 Å². The number of aromatic nitrogens is 2. The van der Waals surface area contributed by atoms with Gasteiger partial charge in [-0.05, 0) is 25.0 Å². The van der Waals surface area contributed by atoms with Gasteiger partial charge in [0.15, 0.2) is 5.82 Å². The van der Waals surface area contributed by atoms with Crippen LogP contribution in [0.1, 0.15) is 28.8 Å². The van der Waals surface area contributed by atoms with Crippen LogP contribution < -0.4 is 4.74 Å². The molecule has 138 valence electrons. The van der Waals surface area contributed by atoms with Crippen molar-refractivity contribution in [1.29, 1.82) is 0 Å². The van der Waals surface area contributed by atoms with Crippen LogP contribution in [0, 0.1) is 5.82 Å². The number of likely N-dealkylation sites (tertiary alicyclic amines) is 1. The molecule has 2 heterocycles. The topological polar surface area (TPSA) is 55.3 Å². The van der Waals surface area contributed by atoms with Crippen molar-refractivity contribution in [2.75, 3.05) is 13.1 Å². The molecule has 0 aliphatic carbocycles. The molecule has 0 bridgehead atoms. The summed E-state index contributed by atoms with van der Waals surface area (Å²) in [6.45, 7) is 0.431. The van der Waals surface area contributed by atoms with Crippen molar-refractivity contribution in [3.05, 3.63) is 53.6 Å². The van der Waals surface area contributed by atoms with Gasteiger partial charge in [0.05, 0.1) is 30.1 Å². The predicted molar refractivity (Wildman–Crippen MR) is 83.0 cm³/mol. The lowest BCUT2D eigenvalue weighted by molar-refractivity contribution is -0.138. The fraction of sp³-hybridized carbons (Fsp3) is 0.353. The van der Waals surface area contributed by atoms with Crippen molar-refractivity contribution in [1.82, 2.24) is 14.9 Å². The number of carbonyl (C=O) groups excluding carboxylic acids is 1. The van der Waals surface area contributed by atoms with Crippen molar-refractivity contribution in [2.45, 2.75) is 25.1 Å². The zero-order valence-electron chi connectivity index (χ0n) is 13.5. The first-order valence-corrected chi connectivity index (χ1v) is 7.94. The zero-order valence-corrected chi connectivity index (χ0v) is 13.5. The van der Waals surface area contributed by atoms with E-state index in [0.29, 0.717) is 19.4 Å². The summed E-state index contributed by atoms with van der Waals surface area (Å²) in [4.78, 5) is 21.3. The number of amides is 1. The minimum Gasteiger partial charge on any atom is -0.458 e. The van der Waals surface area contributed by atoms with E-state index in [2.05, 4.69) is 9.97 Å². The Balaban J connectivity index is 1.73. The van der Waals surface area contributed by atoms with Gasteiger partial charge < -0.3 is 9.64 Å². The van der Waals surface area contributed by atoms with Gasteiger partial charge in [-0.15, -0.1) is 0 Å². The lowest BCUT2D eigenvalue weighted by Gasteiger charge is -2.32. The first kappa shape index (κ1) is 18.1. The molecule has 1 unspecified atom stereocenters. The van der Waals surface area contributed by atoms with Crippen molar-refractivity contribution in [2.24, 2.45) is 0 Å². The highest BCUT2D eigenvalue weighted by atomic mass is 19.4. The molecule has 3 rings (SSSR count). The van der Waals surface area contributed by atoms with Gasteiger partial charge in [0.25, 0.3) is 5.91 Å². The minimum absolute atomic E-state index is 0.0404. The minimum atomic E-state index is -4.61. The van der Waals surface area contributed by atoms with Crippen LogP contribution in [0.2, 0.25) is 0 Å². The van der Waals surface area contributed by atoms with Gasteiger partial charge in [0, 0.05) is 6.54 Å². The van der Waals surface area contributed by atoms with Crippen LogP contribution in [-0.4, -0.2) is 40.0 Å². The number of hydrogen-bond acceptors (Lipinski definition) is 4. The monoisotopic (exact) mass is 369 g/mol. The number of ether oxygens (including phenoxy) is 1. The summed E-state index contributed by atoms with van der Waals surface area (Å²) in [7, 11) is 0. The average Bonchev–Trinajstić information content (AvgIpc) is 2.62. The maximum absolute atomic E-state index is 13.1. The molecule has 0 N–H and O–H groups in total. The van der Waals surface area contributed by atoms with Gasteiger partial charge in [0.2, 0.25) is 0 Å². The quantitative estimate of drug-likeness (QED) is 0.779. The largest absolute Gasteiger partial charge is 0.458 e. The first-order chi connectivity index (χ1) is 12.3. The first-order valence-electron chi connectivity index (χ1n) is 7.94. The second-order valence-corrected chi connectivity index (χ2v) is 5.86. The predicted octanol–water partition coefficient (Wildman–Crippen LogP) is 3.32. The fourth-order valence-corrected chi connectivity index (χ4v) is 2.82. The number of nitrogens with zero attached hydrogens (tertiary/aromatic N) is 3. The third-order valence-corrected chi connectivity index (χ3v) is 4.00. The average molecular weight is 369 g/mol. The number of carbonyl (C=O) groups is 1. The highest BCUT2D eigenvalue weighted by molar-refractivity contribution is 5.96. The van der Waals surface area contributed by atoms with Gasteiger partial charge >= 0.3 is 12.2 Å². The van der Waals surface area contributed by atoms with E-state index in [1.807, 2.05) is 0 Å². The van der Waals surface area contributed by atoms with E-state index in [0.717, 1.165) is 18.5 Å². The highest BCUT2D eigenvalue weighted by Crippen LogP contribution is 2.32. The number of rotatable bonds is 3. The molecular weight excluding hydrogens is 354 g/mol. The number of alkyl halides is 3. The third-order valence-electron chi connectivity index (χ3n) is 4.00. The summed E-state index contributed by atoms with van der Waals surface area (Å²) in [5, 5.41) is 0. The van der Waals surface area contributed by atoms with Crippen molar-refractivity contribution in [3.63, 3.8) is 0 Å². The standard InChI is InChI=1S/C17H15F4N3O2/c18-11-8-22-16(23-9-11)26-12-4-3-7-24(10-12)15(25)13-5-1-2-6-14(13)17(19,20)21/h1-2,5-6,8-9,12H,3-4,7,10H2. The summed E-state index contributed by atoms with van der Waals surface area (Å²) in [5.41, 5.74) is -1.35. The molecule has 0 saturated carbocycles. The van der Waals surface area contributed by atoms with Gasteiger partial charge in [-0.1, -0.05) is 12.1 Å². The van der Waals surface area contributed by atoms with Gasteiger partial charge in [0.1, 0.15) is 6.10 Å². The van der Waals surface area contributed by atoms with Crippen molar-refractivity contribution < 1.29 is 27.1 Å².